The number of benzene rings is 3. The lowest BCUT2D eigenvalue weighted by Crippen LogP contribution is -2.25. The first-order valence-electron chi connectivity index (χ1n) is 7.92. The van der Waals surface area contributed by atoms with Crippen molar-refractivity contribution >= 4 is 22.9 Å². The van der Waals surface area contributed by atoms with Crippen LogP contribution < -0.4 is 5.32 Å². The van der Waals surface area contributed by atoms with Gasteiger partial charge in [-0.25, -0.2) is 22.0 Å². The van der Waals surface area contributed by atoms with Crippen molar-refractivity contribution in [1.82, 2.24) is 0 Å². The second-order valence-electron chi connectivity index (χ2n) is 5.99. The zero-order valence-electron chi connectivity index (χ0n) is 13.7. The molecule has 0 fully saturated rings. The quantitative estimate of drug-likeness (QED) is 0.392. The molecule has 0 bridgehead atoms. The first-order chi connectivity index (χ1) is 13.3. The average molecular weight is 389 g/mol. The van der Waals surface area contributed by atoms with Crippen molar-refractivity contribution < 1.29 is 31.5 Å². The molecule has 0 amide bonds. The summed E-state index contributed by atoms with van der Waals surface area (Å²) in [6, 6.07) is 7.96. The van der Waals surface area contributed by atoms with E-state index in [9.17, 15) is 31.5 Å². The summed E-state index contributed by atoms with van der Waals surface area (Å²) in [5.74, 6) is -9.77. The SMILES string of the molecule is O=C1c2ccccc2C(=O)c2c(F)c(Nc3c(F)cccc3F)c(F)c(F)c21. The number of carbonyl (C=O) groups excluding carboxylic acids is 2. The van der Waals surface area contributed by atoms with Crippen LogP contribution in [-0.2, 0) is 0 Å². The Bertz CT molecular complexity index is 1170. The molecular formula is C20H8F5NO2. The largest absolute Gasteiger partial charge is 0.346 e. The Kier molecular flexibility index (Phi) is 3.99. The van der Waals surface area contributed by atoms with Gasteiger partial charge in [0.1, 0.15) is 23.0 Å². The maximum atomic E-state index is 15.0. The van der Waals surface area contributed by atoms with Gasteiger partial charge in [-0.05, 0) is 12.1 Å². The Balaban J connectivity index is 1.97. The predicted octanol–water partition coefficient (Wildman–Crippen LogP) is 4.90. The highest BCUT2D eigenvalue weighted by molar-refractivity contribution is 6.28. The van der Waals surface area contributed by atoms with Crippen molar-refractivity contribution in [3.8, 4) is 0 Å². The molecule has 4 rings (SSSR count). The lowest BCUT2D eigenvalue weighted by Gasteiger charge is -2.21. The number of ketones is 2. The fraction of sp³-hybridized carbons (Fsp3) is 0. The van der Waals surface area contributed by atoms with Crippen molar-refractivity contribution in [2.45, 2.75) is 0 Å². The van der Waals surface area contributed by atoms with Crippen LogP contribution in [0.15, 0.2) is 42.5 Å². The minimum absolute atomic E-state index is 0.187. The molecule has 0 saturated heterocycles. The summed E-state index contributed by atoms with van der Waals surface area (Å²) < 4.78 is 71.7. The maximum absolute atomic E-state index is 15.0. The molecule has 140 valence electrons. The van der Waals surface area contributed by atoms with Crippen LogP contribution in [0.2, 0.25) is 0 Å². The van der Waals surface area contributed by atoms with Gasteiger partial charge in [-0.3, -0.25) is 9.59 Å². The van der Waals surface area contributed by atoms with Crippen molar-refractivity contribution in [3.63, 3.8) is 0 Å². The number of anilines is 2. The van der Waals surface area contributed by atoms with Crippen LogP contribution in [0.3, 0.4) is 0 Å². The molecule has 1 N–H and O–H groups in total. The van der Waals surface area contributed by atoms with Gasteiger partial charge in [-0.2, -0.15) is 0 Å². The van der Waals surface area contributed by atoms with Gasteiger partial charge in [0.05, 0.1) is 11.1 Å². The van der Waals surface area contributed by atoms with Gasteiger partial charge in [0.2, 0.25) is 0 Å². The van der Waals surface area contributed by atoms with Crippen LogP contribution >= 0.6 is 0 Å². The van der Waals surface area contributed by atoms with E-state index in [1.54, 1.807) is 0 Å². The molecule has 0 radical (unpaired) electrons. The molecule has 0 heterocycles. The van der Waals surface area contributed by atoms with E-state index in [4.69, 9.17) is 0 Å². The topological polar surface area (TPSA) is 46.2 Å². The van der Waals surface area contributed by atoms with Crippen molar-refractivity contribution in [1.29, 1.82) is 0 Å². The molecule has 28 heavy (non-hydrogen) atoms. The molecular weight excluding hydrogens is 381 g/mol. The number of fused-ring (bicyclic) bond motifs is 2. The minimum atomic E-state index is -1.88. The zero-order valence-corrected chi connectivity index (χ0v) is 13.7. The van der Waals surface area contributed by atoms with E-state index in [0.717, 1.165) is 18.2 Å². The van der Waals surface area contributed by atoms with E-state index in [2.05, 4.69) is 0 Å². The van der Waals surface area contributed by atoms with Crippen LogP contribution in [0.1, 0.15) is 31.8 Å². The molecule has 1 aliphatic carbocycles. The summed E-state index contributed by atoms with van der Waals surface area (Å²) in [6.45, 7) is 0. The van der Waals surface area contributed by atoms with Crippen molar-refractivity contribution in [3.05, 3.63) is 93.8 Å². The van der Waals surface area contributed by atoms with Crippen LogP contribution in [0.5, 0.6) is 0 Å². The highest BCUT2D eigenvalue weighted by Crippen LogP contribution is 2.37. The molecule has 0 aliphatic heterocycles. The van der Waals surface area contributed by atoms with E-state index in [1.165, 1.54) is 24.3 Å². The number of hydrogen-bond donors (Lipinski definition) is 1. The van der Waals surface area contributed by atoms with E-state index >= 15 is 0 Å². The summed E-state index contributed by atoms with van der Waals surface area (Å²) in [6.07, 6.45) is 0. The number of para-hydroxylation sites is 1. The fourth-order valence-corrected chi connectivity index (χ4v) is 3.09. The minimum Gasteiger partial charge on any atom is -0.346 e. The number of rotatable bonds is 2. The van der Waals surface area contributed by atoms with Gasteiger partial charge in [-0.15, -0.1) is 0 Å². The summed E-state index contributed by atoms with van der Waals surface area (Å²) >= 11 is 0. The van der Waals surface area contributed by atoms with Gasteiger partial charge in [0.25, 0.3) is 0 Å². The standard InChI is InChI=1S/C20H8F5NO2/c21-10-6-3-7-11(22)17(10)26-18-15(24)13-12(14(23)16(18)25)19(27)8-4-1-2-5-9(8)20(13)28/h1-7,26H. The Morgan fingerprint density at radius 1 is 0.571 bits per heavy atom. The Labute approximate surface area is 154 Å². The molecule has 1 aliphatic rings. The normalized spacial score (nSPS) is 12.6. The second-order valence-corrected chi connectivity index (χ2v) is 5.99. The van der Waals surface area contributed by atoms with E-state index in [-0.39, 0.29) is 11.1 Å². The third-order valence-electron chi connectivity index (χ3n) is 4.40. The Hall–Kier alpha value is -3.55. The Morgan fingerprint density at radius 2 is 1.07 bits per heavy atom. The third-order valence-corrected chi connectivity index (χ3v) is 4.40. The molecule has 0 atom stereocenters. The van der Waals surface area contributed by atoms with Gasteiger partial charge >= 0.3 is 0 Å². The van der Waals surface area contributed by atoms with Crippen LogP contribution in [0, 0.1) is 29.1 Å². The third kappa shape index (κ3) is 2.41. The number of carbonyl (C=O) groups is 2. The first-order valence-corrected chi connectivity index (χ1v) is 7.92. The average Bonchev–Trinajstić information content (AvgIpc) is 2.68. The van der Waals surface area contributed by atoms with E-state index in [1.807, 2.05) is 5.32 Å². The van der Waals surface area contributed by atoms with E-state index < -0.39 is 63.2 Å². The summed E-state index contributed by atoms with van der Waals surface area (Å²) in [7, 11) is 0. The van der Waals surface area contributed by atoms with Crippen molar-refractivity contribution in [2.75, 3.05) is 5.32 Å². The maximum Gasteiger partial charge on any atom is 0.197 e. The van der Waals surface area contributed by atoms with E-state index in [0.29, 0.717) is 0 Å². The molecule has 3 aromatic carbocycles. The van der Waals surface area contributed by atoms with Gasteiger partial charge in [0.15, 0.2) is 29.0 Å². The summed E-state index contributed by atoms with van der Waals surface area (Å²) in [5.41, 5.74) is -4.65. The lowest BCUT2D eigenvalue weighted by atomic mass is 9.83. The van der Waals surface area contributed by atoms with Crippen LogP contribution in [0.4, 0.5) is 33.3 Å². The molecule has 0 spiro atoms. The predicted molar refractivity (Wildman–Crippen MR) is 89.3 cm³/mol. The molecule has 3 aromatic rings. The highest BCUT2D eigenvalue weighted by Gasteiger charge is 2.38. The molecule has 0 unspecified atom stereocenters. The Morgan fingerprint density at radius 3 is 1.61 bits per heavy atom. The lowest BCUT2D eigenvalue weighted by molar-refractivity contribution is 0.0971. The second kappa shape index (κ2) is 6.26. The molecule has 3 nitrogen and oxygen atoms in total. The van der Waals surface area contributed by atoms with Crippen molar-refractivity contribution in [2.24, 2.45) is 0 Å². The highest BCUT2D eigenvalue weighted by atomic mass is 19.2. The number of nitrogens with one attached hydrogen (secondary N) is 1. The fourth-order valence-electron chi connectivity index (χ4n) is 3.09. The monoisotopic (exact) mass is 389 g/mol. The molecule has 8 heteroatoms. The van der Waals surface area contributed by atoms with Crippen LogP contribution in [0.25, 0.3) is 0 Å². The molecule has 0 saturated carbocycles. The summed E-state index contributed by atoms with van der Waals surface area (Å²) in [4.78, 5) is 25.1. The first kappa shape index (κ1) is 17.8. The van der Waals surface area contributed by atoms with Gasteiger partial charge in [-0.1, -0.05) is 30.3 Å². The van der Waals surface area contributed by atoms with Gasteiger partial charge in [0, 0.05) is 11.1 Å². The van der Waals surface area contributed by atoms with Gasteiger partial charge < -0.3 is 5.32 Å². The molecule has 0 aromatic heterocycles. The van der Waals surface area contributed by atoms with Crippen LogP contribution in [-0.4, -0.2) is 11.6 Å². The number of halogens is 5. The summed E-state index contributed by atoms with van der Waals surface area (Å²) in [5, 5.41) is 1.82. The smallest absolute Gasteiger partial charge is 0.197 e. The zero-order chi connectivity index (χ0) is 20.2. The number of hydrogen-bond acceptors (Lipinski definition) is 3.